The van der Waals surface area contributed by atoms with Crippen LogP contribution in [0.15, 0.2) is 18.2 Å². The molecule has 20 heavy (non-hydrogen) atoms. The fraction of sp³-hybridized carbons (Fsp3) is 0.500. The number of nitrogen functional groups attached to an aromatic ring is 1. The summed E-state index contributed by atoms with van der Waals surface area (Å²) in [4.78, 5) is 0. The molecule has 108 valence electrons. The minimum Gasteiger partial charge on any atom is -0.396 e. The Kier molecular flexibility index (Phi) is 3.74. The Morgan fingerprint density at radius 1 is 1.35 bits per heavy atom. The Morgan fingerprint density at radius 2 is 2.05 bits per heavy atom. The van der Waals surface area contributed by atoms with Gasteiger partial charge in [0.25, 0.3) is 0 Å². The van der Waals surface area contributed by atoms with E-state index in [0.717, 1.165) is 0 Å². The average Bonchev–Trinajstić information content (AvgIpc) is 2.80. The Hall–Kier alpha value is -1.98. The summed E-state index contributed by atoms with van der Waals surface area (Å²) in [5.74, 6) is 0.651. The Balaban J connectivity index is 2.35. The number of anilines is 1. The van der Waals surface area contributed by atoms with Crippen LogP contribution in [0.4, 0.5) is 10.1 Å². The smallest absolute Gasteiger partial charge is 0.182 e. The highest BCUT2D eigenvalue weighted by atomic mass is 19.1. The van der Waals surface area contributed by atoms with Crippen molar-refractivity contribution in [2.24, 2.45) is 11.3 Å². The van der Waals surface area contributed by atoms with Gasteiger partial charge in [-0.1, -0.05) is 27.7 Å². The molecule has 1 aromatic heterocycles. The van der Waals surface area contributed by atoms with Gasteiger partial charge in [0.15, 0.2) is 5.82 Å². The first-order valence-electron chi connectivity index (χ1n) is 6.63. The second-order valence-electron chi connectivity index (χ2n) is 6.04. The monoisotopic (exact) mass is 277 g/mol. The average molecular weight is 277 g/mol. The van der Waals surface area contributed by atoms with E-state index >= 15 is 0 Å². The zero-order valence-corrected chi connectivity index (χ0v) is 12.3. The van der Waals surface area contributed by atoms with Crippen LogP contribution in [0.2, 0.25) is 0 Å². The molecule has 0 aliphatic heterocycles. The maximum absolute atomic E-state index is 13.2. The number of rotatable bonds is 4. The van der Waals surface area contributed by atoms with E-state index < -0.39 is 5.82 Å². The molecule has 1 heterocycles. The molecule has 0 aliphatic rings. The number of aromatic nitrogens is 4. The number of halogens is 1. The minimum atomic E-state index is -0.435. The van der Waals surface area contributed by atoms with E-state index in [0.29, 0.717) is 23.9 Å². The van der Waals surface area contributed by atoms with E-state index in [1.165, 1.54) is 6.07 Å². The molecule has 0 aliphatic carbocycles. The standard InChI is InChI=1S/C14H20FN5/c1-9(2)14(3,4)8-20-13(17-18-19-20)10-5-6-11(15)12(16)7-10/h5-7,9H,8,16H2,1-4H3. The number of hydrogen-bond acceptors (Lipinski definition) is 4. The highest BCUT2D eigenvalue weighted by Gasteiger charge is 2.25. The maximum Gasteiger partial charge on any atom is 0.182 e. The van der Waals surface area contributed by atoms with E-state index in [1.807, 2.05) is 0 Å². The van der Waals surface area contributed by atoms with Gasteiger partial charge in [-0.25, -0.2) is 9.07 Å². The van der Waals surface area contributed by atoms with Crippen LogP contribution in [0, 0.1) is 17.2 Å². The summed E-state index contributed by atoms with van der Waals surface area (Å²) in [6.07, 6.45) is 0. The van der Waals surface area contributed by atoms with Gasteiger partial charge in [0, 0.05) is 5.56 Å². The third-order valence-corrected chi connectivity index (χ3v) is 3.91. The molecule has 2 rings (SSSR count). The second kappa shape index (κ2) is 5.19. The van der Waals surface area contributed by atoms with E-state index in [2.05, 4.69) is 43.2 Å². The van der Waals surface area contributed by atoms with Crippen LogP contribution >= 0.6 is 0 Å². The molecular weight excluding hydrogens is 257 g/mol. The summed E-state index contributed by atoms with van der Waals surface area (Å²) in [6.45, 7) is 9.36. The number of nitrogens with two attached hydrogens (primary N) is 1. The van der Waals surface area contributed by atoms with Crippen LogP contribution in [0.3, 0.4) is 0 Å². The lowest BCUT2D eigenvalue weighted by Gasteiger charge is -2.29. The van der Waals surface area contributed by atoms with Crippen molar-refractivity contribution >= 4 is 5.69 Å². The molecule has 0 saturated heterocycles. The van der Waals surface area contributed by atoms with Crippen LogP contribution < -0.4 is 5.73 Å². The van der Waals surface area contributed by atoms with Gasteiger partial charge in [-0.05, 0) is 40.0 Å². The molecule has 0 saturated carbocycles. The number of tetrazole rings is 1. The van der Waals surface area contributed by atoms with Crippen molar-refractivity contribution in [2.45, 2.75) is 34.2 Å². The number of nitrogens with zero attached hydrogens (tertiary/aromatic N) is 4. The normalized spacial score (nSPS) is 12.1. The molecule has 0 fully saturated rings. The fourth-order valence-corrected chi connectivity index (χ4v) is 1.77. The lowest BCUT2D eigenvalue weighted by Crippen LogP contribution is -2.26. The van der Waals surface area contributed by atoms with Crippen LogP contribution in [-0.2, 0) is 6.54 Å². The quantitative estimate of drug-likeness (QED) is 0.872. The third kappa shape index (κ3) is 2.79. The van der Waals surface area contributed by atoms with Gasteiger partial charge in [-0.2, -0.15) is 0 Å². The Labute approximate surface area is 118 Å². The fourth-order valence-electron chi connectivity index (χ4n) is 1.77. The van der Waals surface area contributed by atoms with Gasteiger partial charge in [-0.3, -0.25) is 0 Å². The molecule has 1 aromatic carbocycles. The first-order chi connectivity index (χ1) is 9.31. The first-order valence-corrected chi connectivity index (χ1v) is 6.63. The Bertz CT molecular complexity index is 603. The number of hydrogen-bond donors (Lipinski definition) is 1. The summed E-state index contributed by atoms with van der Waals surface area (Å²) < 4.78 is 15.0. The molecule has 2 aromatic rings. The molecule has 2 N–H and O–H groups in total. The van der Waals surface area contributed by atoms with E-state index in [4.69, 9.17) is 5.73 Å². The lowest BCUT2D eigenvalue weighted by atomic mass is 9.81. The topological polar surface area (TPSA) is 69.6 Å². The first kappa shape index (κ1) is 14.4. The molecule has 0 bridgehead atoms. The summed E-state index contributed by atoms with van der Waals surface area (Å²) in [7, 11) is 0. The summed E-state index contributed by atoms with van der Waals surface area (Å²) in [5, 5.41) is 11.8. The van der Waals surface area contributed by atoms with Gasteiger partial charge >= 0.3 is 0 Å². The van der Waals surface area contributed by atoms with Gasteiger partial charge in [-0.15, -0.1) is 5.10 Å². The highest BCUT2D eigenvalue weighted by molar-refractivity contribution is 5.61. The Morgan fingerprint density at radius 3 is 2.65 bits per heavy atom. The van der Waals surface area contributed by atoms with E-state index in [9.17, 15) is 4.39 Å². The van der Waals surface area contributed by atoms with Gasteiger partial charge in [0.05, 0.1) is 12.2 Å². The van der Waals surface area contributed by atoms with Crippen molar-refractivity contribution in [2.75, 3.05) is 5.73 Å². The summed E-state index contributed by atoms with van der Waals surface area (Å²) in [6, 6.07) is 4.52. The second-order valence-corrected chi connectivity index (χ2v) is 6.04. The van der Waals surface area contributed by atoms with Crippen LogP contribution in [0.1, 0.15) is 27.7 Å². The third-order valence-electron chi connectivity index (χ3n) is 3.91. The predicted molar refractivity (Wildman–Crippen MR) is 76.2 cm³/mol. The van der Waals surface area contributed by atoms with E-state index in [-0.39, 0.29) is 11.1 Å². The van der Waals surface area contributed by atoms with Crippen LogP contribution in [-0.4, -0.2) is 20.2 Å². The van der Waals surface area contributed by atoms with Gasteiger partial charge in [0.2, 0.25) is 0 Å². The van der Waals surface area contributed by atoms with Crippen molar-refractivity contribution in [1.82, 2.24) is 20.2 Å². The molecular formula is C14H20FN5. The minimum absolute atomic E-state index is 0.0513. The van der Waals surface area contributed by atoms with Crippen LogP contribution in [0.5, 0.6) is 0 Å². The van der Waals surface area contributed by atoms with Crippen molar-refractivity contribution in [3.63, 3.8) is 0 Å². The van der Waals surface area contributed by atoms with Crippen molar-refractivity contribution in [1.29, 1.82) is 0 Å². The molecule has 5 nitrogen and oxygen atoms in total. The van der Waals surface area contributed by atoms with Crippen molar-refractivity contribution in [3.05, 3.63) is 24.0 Å². The zero-order chi connectivity index (χ0) is 14.9. The van der Waals surface area contributed by atoms with Crippen molar-refractivity contribution < 1.29 is 4.39 Å². The molecule has 0 spiro atoms. The maximum atomic E-state index is 13.2. The summed E-state index contributed by atoms with van der Waals surface area (Å²) >= 11 is 0. The predicted octanol–water partition coefficient (Wildman–Crippen LogP) is 2.74. The molecule has 0 amide bonds. The lowest BCUT2D eigenvalue weighted by molar-refractivity contribution is 0.200. The molecule has 0 atom stereocenters. The largest absolute Gasteiger partial charge is 0.396 e. The zero-order valence-electron chi connectivity index (χ0n) is 12.3. The highest BCUT2D eigenvalue weighted by Crippen LogP contribution is 2.29. The number of benzene rings is 1. The molecule has 0 unspecified atom stereocenters. The summed E-state index contributed by atoms with van der Waals surface area (Å²) in [5.41, 5.74) is 6.46. The molecule has 6 heteroatoms. The van der Waals surface area contributed by atoms with Crippen molar-refractivity contribution in [3.8, 4) is 11.4 Å². The molecule has 0 radical (unpaired) electrons. The van der Waals surface area contributed by atoms with E-state index in [1.54, 1.807) is 16.8 Å². The van der Waals surface area contributed by atoms with Crippen LogP contribution in [0.25, 0.3) is 11.4 Å². The SMILES string of the molecule is CC(C)C(C)(C)Cn1nnnc1-c1ccc(F)c(N)c1. The van der Waals surface area contributed by atoms with Gasteiger partial charge in [0.1, 0.15) is 5.82 Å². The van der Waals surface area contributed by atoms with Gasteiger partial charge < -0.3 is 5.73 Å².